The Morgan fingerprint density at radius 3 is 2.30 bits per heavy atom. The standard InChI is InChI=1S/C27H20NO.C25H36GeN.Ir/c1-2-7-18(8-3-1)20-13-14-22-23-11-6-12-24(27(23)29-25(22)17-20)26-21-10-5-4-9-19(21)15-16-28-26;1-25(2,3)17-22-16-24(27-18-23(22)26(4,5)6)21-14-10-13-20(15-21)19-11-8-7-9-12-19;/h1-3,6-8,11,13-17H,4-5,9-10H2;10,13,15-16,18-19H,7-9,11-12,17H2,1-6H3;/q2*-1;. The number of hydrogen-bond donors (Lipinski definition) is 0. The van der Waals surface area contributed by atoms with Gasteiger partial charge in [-0.2, -0.15) is 0 Å². The molecule has 3 nitrogen and oxygen atoms in total. The van der Waals surface area contributed by atoms with Gasteiger partial charge in [0, 0.05) is 31.7 Å². The smallest absolute Gasteiger partial charge is 0.121 e. The molecule has 9 rings (SSSR count). The van der Waals surface area contributed by atoms with Crippen LogP contribution in [0, 0.1) is 17.5 Å². The molecule has 1 radical (unpaired) electrons. The van der Waals surface area contributed by atoms with Gasteiger partial charge in [-0.05, 0) is 54.6 Å². The fourth-order valence-corrected chi connectivity index (χ4v) is 12.3. The summed E-state index contributed by atoms with van der Waals surface area (Å²) in [6, 6.07) is 39.2. The molecule has 0 aliphatic heterocycles. The van der Waals surface area contributed by atoms with E-state index >= 15 is 0 Å². The van der Waals surface area contributed by atoms with Crippen molar-refractivity contribution in [3.05, 3.63) is 138 Å². The van der Waals surface area contributed by atoms with Crippen LogP contribution in [0.2, 0.25) is 17.3 Å². The summed E-state index contributed by atoms with van der Waals surface area (Å²) in [5, 5.41) is 2.27. The fourth-order valence-electron chi connectivity index (χ4n) is 8.96. The minimum absolute atomic E-state index is 0. The molecule has 3 heterocycles. The van der Waals surface area contributed by atoms with Crippen LogP contribution in [0.5, 0.6) is 0 Å². The van der Waals surface area contributed by atoms with Gasteiger partial charge in [-0.15, -0.1) is 18.2 Å². The Bertz CT molecular complexity index is 2470. The Balaban J connectivity index is 0.000000172. The number of benzene rings is 4. The number of nitrogens with zero attached hydrogens (tertiary/aromatic N) is 2. The molecule has 57 heavy (non-hydrogen) atoms. The van der Waals surface area contributed by atoms with Crippen molar-refractivity contribution in [2.45, 2.75) is 108 Å². The van der Waals surface area contributed by atoms with Crippen LogP contribution in [-0.4, -0.2) is 23.2 Å². The van der Waals surface area contributed by atoms with E-state index in [1.54, 1.807) is 4.40 Å². The van der Waals surface area contributed by atoms with E-state index in [-0.39, 0.29) is 25.5 Å². The van der Waals surface area contributed by atoms with Crippen molar-refractivity contribution >= 4 is 39.6 Å². The minimum atomic E-state index is -1.94. The van der Waals surface area contributed by atoms with Crippen molar-refractivity contribution in [2.75, 3.05) is 0 Å². The Labute approximate surface area is 356 Å². The Morgan fingerprint density at radius 2 is 1.53 bits per heavy atom. The maximum atomic E-state index is 6.42. The fraction of sp³-hybridized carbons (Fsp3) is 0.346. The van der Waals surface area contributed by atoms with E-state index in [0.29, 0.717) is 0 Å². The van der Waals surface area contributed by atoms with E-state index in [4.69, 9.17) is 14.4 Å². The van der Waals surface area contributed by atoms with Crippen LogP contribution in [0.25, 0.3) is 55.6 Å². The zero-order valence-corrected chi connectivity index (χ0v) is 39.1. The molecule has 0 amide bonds. The van der Waals surface area contributed by atoms with Crippen molar-refractivity contribution < 1.29 is 24.5 Å². The van der Waals surface area contributed by atoms with E-state index in [1.165, 1.54) is 78.3 Å². The van der Waals surface area contributed by atoms with Gasteiger partial charge in [0.05, 0.1) is 5.58 Å². The number of rotatable bonds is 6. The van der Waals surface area contributed by atoms with Crippen LogP contribution in [0.4, 0.5) is 0 Å². The first-order valence-corrected chi connectivity index (χ1v) is 28.3. The van der Waals surface area contributed by atoms with Gasteiger partial charge in [0.2, 0.25) is 0 Å². The van der Waals surface area contributed by atoms with Gasteiger partial charge in [0.1, 0.15) is 5.58 Å². The molecule has 2 aliphatic rings. The molecular weight excluding hydrogens is 933 g/mol. The van der Waals surface area contributed by atoms with Crippen LogP contribution in [0.3, 0.4) is 0 Å². The van der Waals surface area contributed by atoms with Crippen molar-refractivity contribution in [1.82, 2.24) is 9.97 Å². The topological polar surface area (TPSA) is 38.9 Å². The zero-order valence-electron chi connectivity index (χ0n) is 34.6. The zero-order chi connectivity index (χ0) is 38.9. The summed E-state index contributed by atoms with van der Waals surface area (Å²) < 4.78 is 7.97. The quantitative estimate of drug-likeness (QED) is 0.123. The third-order valence-corrected chi connectivity index (χ3v) is 16.1. The van der Waals surface area contributed by atoms with Crippen LogP contribution in [-0.2, 0) is 39.4 Å². The molecule has 7 aromatic rings. The Hall–Kier alpha value is -3.83. The van der Waals surface area contributed by atoms with Gasteiger partial charge in [-0.1, -0.05) is 64.5 Å². The van der Waals surface area contributed by atoms with Crippen molar-refractivity contribution in [3.63, 3.8) is 0 Å². The second-order valence-electron chi connectivity index (χ2n) is 18.4. The van der Waals surface area contributed by atoms with Gasteiger partial charge in [0.15, 0.2) is 0 Å². The first-order chi connectivity index (χ1) is 27.0. The molecule has 0 spiro atoms. The van der Waals surface area contributed by atoms with Gasteiger partial charge < -0.3 is 9.40 Å². The molecule has 3 aromatic heterocycles. The summed E-state index contributed by atoms with van der Waals surface area (Å²) in [6.07, 6.45) is 16.8. The molecule has 295 valence electrons. The van der Waals surface area contributed by atoms with E-state index in [9.17, 15) is 0 Å². The second-order valence-corrected chi connectivity index (χ2v) is 28.9. The normalized spacial score (nSPS) is 14.8. The van der Waals surface area contributed by atoms with Crippen LogP contribution in [0.1, 0.15) is 93.9 Å². The average molecular weight is 990 g/mol. The molecular formula is C52H56GeIrN2O-2. The van der Waals surface area contributed by atoms with E-state index < -0.39 is 13.3 Å². The predicted octanol–water partition coefficient (Wildman–Crippen LogP) is 13.7. The molecule has 0 bridgehead atoms. The summed E-state index contributed by atoms with van der Waals surface area (Å²) >= 11 is -1.94. The third kappa shape index (κ3) is 9.40. The molecule has 0 atom stereocenters. The molecule has 0 unspecified atom stereocenters. The summed E-state index contributed by atoms with van der Waals surface area (Å²) in [6.45, 7) is 7.01. The van der Waals surface area contributed by atoms with Gasteiger partial charge >= 0.3 is 169 Å². The van der Waals surface area contributed by atoms with Gasteiger partial charge in [0.25, 0.3) is 0 Å². The molecule has 1 fully saturated rings. The third-order valence-electron chi connectivity index (χ3n) is 11.7. The van der Waals surface area contributed by atoms with Crippen molar-refractivity contribution in [1.29, 1.82) is 0 Å². The average Bonchev–Trinajstić information content (AvgIpc) is 3.59. The van der Waals surface area contributed by atoms with Crippen molar-refractivity contribution in [2.24, 2.45) is 5.41 Å². The summed E-state index contributed by atoms with van der Waals surface area (Å²) in [5.41, 5.74) is 14.5. The SMILES string of the molecule is CC(C)(C)Cc1cc(-c2[c-]ccc(C3CCCCC3)c2)nc[c]1[Ge]([CH3])([CH3])[CH3].[Ir].[c-]1ccc2c(oc3cc(-c4ccccc4)ccc32)c1-c1nccc2c1CCCC2. The number of fused-ring (bicyclic) bond motifs is 4. The molecule has 4 aromatic carbocycles. The maximum absolute atomic E-state index is 6.42. The molecule has 5 heteroatoms. The molecule has 2 aliphatic carbocycles. The predicted molar refractivity (Wildman–Crippen MR) is 238 cm³/mol. The Morgan fingerprint density at radius 1 is 0.754 bits per heavy atom. The van der Waals surface area contributed by atoms with E-state index in [1.807, 2.05) is 18.3 Å². The van der Waals surface area contributed by atoms with E-state index in [2.05, 4.69) is 135 Å². The van der Waals surface area contributed by atoms with Crippen LogP contribution in [0.15, 0.2) is 108 Å². The number of aryl methyl sites for hydroxylation is 1. The largest absolute Gasteiger partial charge is 0.501 e. The van der Waals surface area contributed by atoms with Crippen LogP contribution < -0.4 is 4.40 Å². The summed E-state index contributed by atoms with van der Waals surface area (Å²) in [4.78, 5) is 9.66. The van der Waals surface area contributed by atoms with Gasteiger partial charge in [-0.25, -0.2) is 0 Å². The van der Waals surface area contributed by atoms with Crippen molar-refractivity contribution in [3.8, 4) is 33.6 Å². The molecule has 0 N–H and O–H groups in total. The summed E-state index contributed by atoms with van der Waals surface area (Å²) in [5.74, 6) is 8.14. The van der Waals surface area contributed by atoms with Crippen LogP contribution >= 0.6 is 0 Å². The number of pyridine rings is 2. The first-order valence-electron chi connectivity index (χ1n) is 20.9. The number of aromatic nitrogens is 2. The van der Waals surface area contributed by atoms with Gasteiger partial charge in [-0.3, -0.25) is 0 Å². The molecule has 0 saturated heterocycles. The number of hydrogen-bond acceptors (Lipinski definition) is 3. The first kappa shape index (κ1) is 41.3. The second kappa shape index (κ2) is 17.6. The maximum Gasteiger partial charge on any atom is 0.121 e. The summed E-state index contributed by atoms with van der Waals surface area (Å²) in [7, 11) is 0. The Kier molecular flexibility index (Phi) is 12.7. The number of furan rings is 1. The minimum Gasteiger partial charge on any atom is -0.501 e. The van der Waals surface area contributed by atoms with E-state index in [0.717, 1.165) is 69.6 Å². The monoisotopic (exact) mass is 991 g/mol. The molecule has 1 saturated carbocycles.